The summed E-state index contributed by atoms with van der Waals surface area (Å²) in [6.07, 6.45) is 11.5. The fourth-order valence-electron chi connectivity index (χ4n) is 6.98. The average molecular weight is 509 g/mol. The molecule has 0 spiro atoms. The summed E-state index contributed by atoms with van der Waals surface area (Å²) in [4.78, 5) is 14.6. The van der Waals surface area contributed by atoms with Gasteiger partial charge in [-0.2, -0.15) is 0 Å². The molecule has 0 bridgehead atoms. The molecule has 2 saturated heterocycles. The maximum Gasteiger partial charge on any atom is 0.146 e. The summed E-state index contributed by atoms with van der Waals surface area (Å²) in [5, 5.41) is 0.948. The highest BCUT2D eigenvalue weighted by atomic mass is 16.5. The zero-order valence-corrected chi connectivity index (χ0v) is 21.9. The van der Waals surface area contributed by atoms with Crippen LogP contribution in [0.5, 0.6) is 11.5 Å². The highest BCUT2D eigenvalue weighted by Crippen LogP contribution is 2.40. The largest absolute Gasteiger partial charge is 0.457 e. The van der Waals surface area contributed by atoms with Crippen molar-refractivity contribution < 1.29 is 4.74 Å². The molecule has 3 fully saturated rings. The predicted octanol–water partition coefficient (Wildman–Crippen LogP) is 5.74. The number of para-hydroxylation sites is 1. The molecule has 7 nitrogen and oxygen atoms in total. The maximum absolute atomic E-state index is 6.43. The van der Waals surface area contributed by atoms with Crippen LogP contribution in [-0.4, -0.2) is 62.6 Å². The molecule has 7 heteroatoms. The summed E-state index contributed by atoms with van der Waals surface area (Å²) in [6.45, 7) is 5.06. The van der Waals surface area contributed by atoms with Gasteiger partial charge in [0.25, 0.3) is 0 Å². The van der Waals surface area contributed by atoms with Crippen LogP contribution >= 0.6 is 0 Å². The third-order valence-electron chi connectivity index (χ3n) is 8.98. The zero-order valence-electron chi connectivity index (χ0n) is 21.9. The zero-order chi connectivity index (χ0) is 25.5. The van der Waals surface area contributed by atoms with Gasteiger partial charge in [-0.3, -0.25) is 9.80 Å². The van der Waals surface area contributed by atoms with Crippen molar-refractivity contribution in [1.29, 1.82) is 0 Å². The minimum Gasteiger partial charge on any atom is -0.457 e. The van der Waals surface area contributed by atoms with Crippen molar-refractivity contribution in [2.75, 3.05) is 31.9 Å². The van der Waals surface area contributed by atoms with Crippen LogP contribution in [-0.2, 0) is 0 Å². The summed E-state index contributed by atoms with van der Waals surface area (Å²) in [5.74, 6) is 2.18. The van der Waals surface area contributed by atoms with Gasteiger partial charge in [-0.1, -0.05) is 30.3 Å². The predicted molar refractivity (Wildman–Crippen MR) is 151 cm³/mol. The van der Waals surface area contributed by atoms with E-state index in [1.54, 1.807) is 6.33 Å². The molecule has 2 aromatic carbocycles. The van der Waals surface area contributed by atoms with Crippen molar-refractivity contribution in [3.63, 3.8) is 0 Å². The molecule has 2 aromatic heterocycles. The summed E-state index contributed by atoms with van der Waals surface area (Å²) >= 11 is 0. The summed E-state index contributed by atoms with van der Waals surface area (Å²) in [5.41, 5.74) is 9.56. The van der Waals surface area contributed by atoms with Crippen molar-refractivity contribution in [2.24, 2.45) is 0 Å². The van der Waals surface area contributed by atoms with Crippen LogP contribution in [0, 0.1) is 0 Å². The Labute approximate surface area is 224 Å². The quantitative estimate of drug-likeness (QED) is 0.371. The standard InChI is InChI=1S/C31H36N6O/c32-30-29-28(22-8-14-27(15-9-22)38-26-6-2-1-3-7-26)20-37(31(29)34-21-33-30)24-12-10-23(11-13-24)36-18-17-35-16-4-5-25(35)19-36/h1-3,6-9,14-15,20-21,23-25H,4-5,10-13,16-19H2,(H2,32,33,34)/t23-,24-,25-/m0/s1. The van der Waals surface area contributed by atoms with Crippen molar-refractivity contribution >= 4 is 16.9 Å². The Morgan fingerprint density at radius 2 is 1.47 bits per heavy atom. The topological polar surface area (TPSA) is 72.4 Å². The molecule has 196 valence electrons. The second-order valence-electron chi connectivity index (χ2n) is 11.1. The first kappa shape index (κ1) is 23.7. The maximum atomic E-state index is 6.43. The molecule has 7 rings (SSSR count). The number of hydrogen-bond acceptors (Lipinski definition) is 6. The van der Waals surface area contributed by atoms with Gasteiger partial charge in [0.05, 0.1) is 5.39 Å². The van der Waals surface area contributed by atoms with Crippen LogP contribution in [0.2, 0.25) is 0 Å². The minimum absolute atomic E-state index is 0.435. The van der Waals surface area contributed by atoms with E-state index in [1.165, 1.54) is 64.7 Å². The van der Waals surface area contributed by atoms with E-state index in [4.69, 9.17) is 15.5 Å². The number of piperazine rings is 1. The first-order valence-electron chi connectivity index (χ1n) is 14.2. The normalized spacial score (nSPS) is 24.5. The minimum atomic E-state index is 0.435. The number of hydrogen-bond donors (Lipinski definition) is 1. The number of benzene rings is 2. The van der Waals surface area contributed by atoms with Gasteiger partial charge in [0.15, 0.2) is 0 Å². The molecule has 4 aromatic rings. The summed E-state index contributed by atoms with van der Waals surface area (Å²) < 4.78 is 8.38. The van der Waals surface area contributed by atoms with Gasteiger partial charge in [0.2, 0.25) is 0 Å². The van der Waals surface area contributed by atoms with Gasteiger partial charge in [0, 0.05) is 49.5 Å². The lowest BCUT2D eigenvalue weighted by Crippen LogP contribution is -2.54. The third-order valence-corrected chi connectivity index (χ3v) is 8.98. The lowest BCUT2D eigenvalue weighted by molar-refractivity contribution is 0.0516. The van der Waals surface area contributed by atoms with Gasteiger partial charge < -0.3 is 15.0 Å². The Morgan fingerprint density at radius 1 is 0.737 bits per heavy atom. The van der Waals surface area contributed by atoms with E-state index in [0.717, 1.165) is 39.7 Å². The lowest BCUT2D eigenvalue weighted by atomic mass is 9.89. The monoisotopic (exact) mass is 508 g/mol. The Kier molecular flexibility index (Phi) is 6.26. The molecule has 1 aliphatic carbocycles. The van der Waals surface area contributed by atoms with Crippen LogP contribution in [0.1, 0.15) is 44.6 Å². The van der Waals surface area contributed by atoms with Gasteiger partial charge in [-0.05, 0) is 74.9 Å². The Bertz CT molecular complexity index is 1390. The van der Waals surface area contributed by atoms with Gasteiger partial charge in [-0.25, -0.2) is 9.97 Å². The van der Waals surface area contributed by atoms with E-state index in [9.17, 15) is 0 Å². The lowest BCUT2D eigenvalue weighted by Gasteiger charge is -2.44. The van der Waals surface area contributed by atoms with Gasteiger partial charge >= 0.3 is 0 Å². The van der Waals surface area contributed by atoms with E-state index in [2.05, 4.69) is 37.7 Å². The van der Waals surface area contributed by atoms with Crippen molar-refractivity contribution in [3.05, 3.63) is 67.1 Å². The van der Waals surface area contributed by atoms with Gasteiger partial charge in [0.1, 0.15) is 29.3 Å². The molecule has 0 unspecified atom stereocenters. The molecular formula is C31H36N6O. The van der Waals surface area contributed by atoms with Crippen molar-refractivity contribution in [2.45, 2.75) is 56.7 Å². The second kappa shape index (κ2) is 10.0. The Hall–Kier alpha value is -3.42. The molecular weight excluding hydrogens is 472 g/mol. The number of nitrogen functional groups attached to an aromatic ring is 1. The van der Waals surface area contributed by atoms with Gasteiger partial charge in [-0.15, -0.1) is 0 Å². The Morgan fingerprint density at radius 3 is 2.29 bits per heavy atom. The van der Waals surface area contributed by atoms with Crippen molar-refractivity contribution in [1.82, 2.24) is 24.3 Å². The smallest absolute Gasteiger partial charge is 0.146 e. The first-order chi connectivity index (χ1) is 18.7. The van der Waals surface area contributed by atoms with E-state index < -0.39 is 0 Å². The molecule has 1 saturated carbocycles. The van der Waals surface area contributed by atoms with Crippen LogP contribution < -0.4 is 10.5 Å². The van der Waals surface area contributed by atoms with E-state index >= 15 is 0 Å². The fraction of sp³-hybridized carbons (Fsp3) is 0.419. The molecule has 38 heavy (non-hydrogen) atoms. The number of rotatable bonds is 5. The number of nitrogens with zero attached hydrogens (tertiary/aromatic N) is 5. The second-order valence-corrected chi connectivity index (χ2v) is 11.1. The van der Waals surface area contributed by atoms with E-state index in [0.29, 0.717) is 17.9 Å². The SMILES string of the molecule is Nc1ncnc2c1c(-c1ccc(Oc3ccccc3)cc1)cn2[C@H]1CC[C@H](N2CCN3CCC[C@H]3C2)CC1. The fourth-order valence-corrected chi connectivity index (χ4v) is 6.98. The highest BCUT2D eigenvalue weighted by Gasteiger charge is 2.35. The molecule has 0 amide bonds. The molecule has 1 atom stereocenters. The van der Waals surface area contributed by atoms with Crippen molar-refractivity contribution in [3.8, 4) is 22.6 Å². The number of nitrogens with two attached hydrogens (primary N) is 1. The third kappa shape index (κ3) is 4.44. The molecule has 2 N–H and O–H groups in total. The average Bonchev–Trinajstić information content (AvgIpc) is 3.60. The molecule has 4 heterocycles. The van der Waals surface area contributed by atoms with Crippen LogP contribution in [0.4, 0.5) is 5.82 Å². The number of fused-ring (bicyclic) bond motifs is 2. The number of anilines is 1. The first-order valence-corrected chi connectivity index (χ1v) is 14.2. The molecule has 2 aliphatic heterocycles. The Balaban J connectivity index is 1.11. The molecule has 0 radical (unpaired) electrons. The van der Waals surface area contributed by atoms with Crippen LogP contribution in [0.15, 0.2) is 67.1 Å². The molecule has 3 aliphatic rings. The number of ether oxygens (including phenoxy) is 1. The number of aromatic nitrogens is 3. The van der Waals surface area contributed by atoms with E-state index in [-0.39, 0.29) is 0 Å². The summed E-state index contributed by atoms with van der Waals surface area (Å²) in [6, 6.07) is 20.0. The van der Waals surface area contributed by atoms with Crippen LogP contribution in [0.3, 0.4) is 0 Å². The summed E-state index contributed by atoms with van der Waals surface area (Å²) in [7, 11) is 0. The van der Waals surface area contributed by atoms with Crippen LogP contribution in [0.25, 0.3) is 22.2 Å². The highest BCUT2D eigenvalue weighted by molar-refractivity contribution is 6.00. The van der Waals surface area contributed by atoms with E-state index in [1.807, 2.05) is 42.5 Å².